The lowest BCUT2D eigenvalue weighted by Crippen LogP contribution is -2.37. The number of aliphatic imine (C=N–C) groups is 1. The van der Waals surface area contributed by atoms with E-state index in [0.717, 1.165) is 13.1 Å². The van der Waals surface area contributed by atoms with Gasteiger partial charge in [-0.25, -0.2) is 13.1 Å². The van der Waals surface area contributed by atoms with Crippen molar-refractivity contribution in [3.05, 3.63) is 0 Å². The molecule has 0 aromatic carbocycles. The zero-order valence-electron chi connectivity index (χ0n) is 10.2. The summed E-state index contributed by atoms with van der Waals surface area (Å²) in [6, 6.07) is 0. The Morgan fingerprint density at radius 2 is 1.88 bits per heavy atom. The van der Waals surface area contributed by atoms with Crippen LogP contribution in [0.15, 0.2) is 4.99 Å². The molecule has 7 heteroatoms. The number of hydrogen-bond donors (Lipinski definition) is 2. The van der Waals surface area contributed by atoms with E-state index in [2.05, 4.69) is 9.71 Å². The van der Waals surface area contributed by atoms with Gasteiger partial charge in [0, 0.05) is 19.6 Å². The molecule has 0 radical (unpaired) electrons. The average Bonchev–Trinajstić information content (AvgIpc) is 2.26. The summed E-state index contributed by atoms with van der Waals surface area (Å²) in [6.07, 6.45) is 0. The number of nitrogens with one attached hydrogen (secondary N) is 1. The highest BCUT2D eigenvalue weighted by Gasteiger charge is 2.05. The molecule has 0 atom stereocenters. The maximum atomic E-state index is 11.1. The van der Waals surface area contributed by atoms with Gasteiger partial charge >= 0.3 is 0 Å². The molecule has 0 aliphatic rings. The second-order valence-corrected chi connectivity index (χ2v) is 5.31. The minimum Gasteiger partial charge on any atom is -0.370 e. The van der Waals surface area contributed by atoms with E-state index in [4.69, 9.17) is 5.73 Å². The molecule has 0 aromatic rings. The van der Waals surface area contributed by atoms with Crippen molar-refractivity contribution in [2.45, 2.75) is 20.8 Å². The standard InChI is InChI=1S/C9H22N4O2S/c1-4-13(5-2)9(10)11-7-8-12-16(14,15)6-3/h12H,4-8H2,1-3H3,(H2,10,11). The van der Waals surface area contributed by atoms with Crippen molar-refractivity contribution in [1.29, 1.82) is 0 Å². The molecule has 0 aliphatic heterocycles. The second-order valence-electron chi connectivity index (χ2n) is 3.21. The SMILES string of the molecule is CCN(CC)C(N)=NCCNS(=O)(=O)CC. The molecule has 0 aliphatic carbocycles. The Morgan fingerprint density at radius 1 is 1.31 bits per heavy atom. The summed E-state index contributed by atoms with van der Waals surface area (Å²) < 4.78 is 24.6. The van der Waals surface area contributed by atoms with Crippen LogP contribution in [0.25, 0.3) is 0 Å². The second kappa shape index (κ2) is 7.45. The first-order valence-corrected chi connectivity index (χ1v) is 7.14. The average molecular weight is 250 g/mol. The van der Waals surface area contributed by atoms with Crippen LogP contribution in [0, 0.1) is 0 Å². The van der Waals surface area contributed by atoms with Gasteiger partial charge in [-0.3, -0.25) is 4.99 Å². The van der Waals surface area contributed by atoms with Crippen molar-refractivity contribution in [2.24, 2.45) is 10.7 Å². The van der Waals surface area contributed by atoms with Crippen molar-refractivity contribution >= 4 is 16.0 Å². The minimum atomic E-state index is -3.12. The first-order valence-electron chi connectivity index (χ1n) is 5.49. The quantitative estimate of drug-likeness (QED) is 0.365. The fourth-order valence-corrected chi connectivity index (χ4v) is 1.73. The summed E-state index contributed by atoms with van der Waals surface area (Å²) in [6.45, 7) is 7.83. The number of sulfonamides is 1. The van der Waals surface area contributed by atoms with Gasteiger partial charge in [0.25, 0.3) is 0 Å². The summed E-state index contributed by atoms with van der Waals surface area (Å²) >= 11 is 0. The van der Waals surface area contributed by atoms with Crippen molar-refractivity contribution in [1.82, 2.24) is 9.62 Å². The Balaban J connectivity index is 4.01. The number of nitrogens with zero attached hydrogens (tertiary/aromatic N) is 2. The topological polar surface area (TPSA) is 87.8 Å². The van der Waals surface area contributed by atoms with E-state index in [9.17, 15) is 8.42 Å². The molecule has 0 aromatic heterocycles. The third-order valence-electron chi connectivity index (χ3n) is 2.18. The predicted octanol–water partition coefficient (Wildman–Crippen LogP) is -0.418. The van der Waals surface area contributed by atoms with Crippen LogP contribution in [0.1, 0.15) is 20.8 Å². The Labute approximate surface area is 98.0 Å². The van der Waals surface area contributed by atoms with E-state index in [0.29, 0.717) is 12.5 Å². The van der Waals surface area contributed by atoms with Crippen LogP contribution in [0.5, 0.6) is 0 Å². The Morgan fingerprint density at radius 3 is 2.31 bits per heavy atom. The number of guanidine groups is 1. The van der Waals surface area contributed by atoms with Gasteiger partial charge in [-0.05, 0) is 20.8 Å². The lowest BCUT2D eigenvalue weighted by molar-refractivity contribution is 0.458. The molecule has 0 bridgehead atoms. The molecule has 0 unspecified atom stereocenters. The molecule has 0 fully saturated rings. The Hall–Kier alpha value is -0.820. The van der Waals surface area contributed by atoms with Gasteiger partial charge in [-0.15, -0.1) is 0 Å². The van der Waals surface area contributed by atoms with E-state index in [1.165, 1.54) is 0 Å². The number of hydrogen-bond acceptors (Lipinski definition) is 3. The Kier molecular flexibility index (Phi) is 7.07. The van der Waals surface area contributed by atoms with E-state index in [1.807, 2.05) is 18.7 Å². The molecular formula is C9H22N4O2S. The molecule has 6 nitrogen and oxygen atoms in total. The van der Waals surface area contributed by atoms with Crippen molar-refractivity contribution in [3.63, 3.8) is 0 Å². The van der Waals surface area contributed by atoms with Gasteiger partial charge in [0.2, 0.25) is 10.0 Å². The van der Waals surface area contributed by atoms with Crippen LogP contribution < -0.4 is 10.5 Å². The highest BCUT2D eigenvalue weighted by atomic mass is 32.2. The van der Waals surface area contributed by atoms with Crippen LogP contribution in [-0.4, -0.2) is 51.2 Å². The fourth-order valence-electron chi connectivity index (χ4n) is 1.12. The summed E-state index contributed by atoms with van der Waals surface area (Å²) in [5.74, 6) is 0.545. The first kappa shape index (κ1) is 15.2. The predicted molar refractivity (Wildman–Crippen MR) is 66.9 cm³/mol. The monoisotopic (exact) mass is 250 g/mol. The van der Waals surface area contributed by atoms with E-state index >= 15 is 0 Å². The van der Waals surface area contributed by atoms with Crippen molar-refractivity contribution < 1.29 is 8.42 Å². The lowest BCUT2D eigenvalue weighted by atomic mass is 10.5. The molecule has 0 rings (SSSR count). The fraction of sp³-hybridized carbons (Fsp3) is 0.889. The van der Waals surface area contributed by atoms with Crippen LogP contribution in [0.2, 0.25) is 0 Å². The first-order chi connectivity index (χ1) is 7.46. The van der Waals surface area contributed by atoms with Crippen LogP contribution >= 0.6 is 0 Å². The Bertz CT molecular complexity index is 309. The zero-order valence-corrected chi connectivity index (χ0v) is 11.0. The van der Waals surface area contributed by atoms with Gasteiger partial charge in [-0.2, -0.15) is 0 Å². The minimum absolute atomic E-state index is 0.0856. The molecule has 0 saturated carbocycles. The molecule has 0 amide bonds. The zero-order chi connectivity index (χ0) is 12.6. The summed E-state index contributed by atoms with van der Waals surface area (Å²) in [5.41, 5.74) is 5.72. The van der Waals surface area contributed by atoms with E-state index in [-0.39, 0.29) is 12.3 Å². The number of nitrogens with two attached hydrogens (primary N) is 1. The highest BCUT2D eigenvalue weighted by Crippen LogP contribution is 1.87. The summed E-state index contributed by atoms with van der Waals surface area (Å²) in [5, 5.41) is 0. The third-order valence-corrected chi connectivity index (χ3v) is 3.58. The maximum Gasteiger partial charge on any atom is 0.211 e. The molecule has 96 valence electrons. The van der Waals surface area contributed by atoms with Crippen molar-refractivity contribution in [3.8, 4) is 0 Å². The van der Waals surface area contributed by atoms with Crippen LogP contribution in [-0.2, 0) is 10.0 Å². The van der Waals surface area contributed by atoms with E-state index in [1.54, 1.807) is 6.92 Å². The van der Waals surface area contributed by atoms with Gasteiger partial charge in [0.05, 0.1) is 12.3 Å². The van der Waals surface area contributed by atoms with Gasteiger partial charge in [-0.1, -0.05) is 0 Å². The largest absolute Gasteiger partial charge is 0.370 e. The third kappa shape index (κ3) is 5.92. The molecule has 0 heterocycles. The number of rotatable bonds is 7. The molecule has 16 heavy (non-hydrogen) atoms. The smallest absolute Gasteiger partial charge is 0.211 e. The summed E-state index contributed by atoms with van der Waals surface area (Å²) in [7, 11) is -3.12. The normalized spacial score (nSPS) is 12.8. The molecule has 0 saturated heterocycles. The lowest BCUT2D eigenvalue weighted by Gasteiger charge is -2.19. The van der Waals surface area contributed by atoms with Gasteiger partial charge in [0.1, 0.15) is 0 Å². The van der Waals surface area contributed by atoms with Gasteiger partial charge < -0.3 is 10.6 Å². The maximum absolute atomic E-state index is 11.1. The highest BCUT2D eigenvalue weighted by molar-refractivity contribution is 7.89. The van der Waals surface area contributed by atoms with E-state index < -0.39 is 10.0 Å². The summed E-state index contributed by atoms with van der Waals surface area (Å²) in [4.78, 5) is 6.01. The van der Waals surface area contributed by atoms with Crippen LogP contribution in [0.3, 0.4) is 0 Å². The molecule has 3 N–H and O–H groups in total. The van der Waals surface area contributed by atoms with Gasteiger partial charge in [0.15, 0.2) is 5.96 Å². The molecule has 0 spiro atoms. The van der Waals surface area contributed by atoms with Crippen LogP contribution in [0.4, 0.5) is 0 Å². The van der Waals surface area contributed by atoms with Crippen molar-refractivity contribution in [2.75, 3.05) is 31.9 Å². The molecular weight excluding hydrogens is 228 g/mol.